The van der Waals surface area contributed by atoms with Gasteiger partial charge in [0.2, 0.25) is 5.95 Å². The van der Waals surface area contributed by atoms with Gasteiger partial charge < -0.3 is 20.5 Å². The summed E-state index contributed by atoms with van der Waals surface area (Å²) in [5, 5.41) is 18.9. The number of hydrogen-bond donors (Lipinski definition) is 2. The van der Waals surface area contributed by atoms with Crippen molar-refractivity contribution in [2.75, 3.05) is 56.6 Å². The highest BCUT2D eigenvalue weighted by Crippen LogP contribution is 2.34. The van der Waals surface area contributed by atoms with Crippen molar-refractivity contribution in [2.24, 2.45) is 0 Å². The van der Waals surface area contributed by atoms with Gasteiger partial charge in [0.25, 0.3) is 0 Å². The van der Waals surface area contributed by atoms with E-state index in [0.29, 0.717) is 53.4 Å². The molecule has 186 valence electrons. The number of aliphatic hydroxyl groups is 1. The number of hydrogen-bond acceptors (Lipinski definition) is 8. The molecule has 8 nitrogen and oxygen atoms in total. The molecular formula is C18H23Cl4F3N6O2. The van der Waals surface area contributed by atoms with E-state index in [4.69, 9.17) is 28.9 Å². The van der Waals surface area contributed by atoms with Crippen LogP contribution >= 0.6 is 48.0 Å². The molecule has 0 unspecified atom stereocenters. The predicted molar refractivity (Wildman–Crippen MR) is 126 cm³/mol. The van der Waals surface area contributed by atoms with Crippen LogP contribution in [0.4, 0.5) is 24.9 Å². The summed E-state index contributed by atoms with van der Waals surface area (Å²) < 4.78 is 40.8. The van der Waals surface area contributed by atoms with E-state index >= 15 is 0 Å². The van der Waals surface area contributed by atoms with Gasteiger partial charge in [-0.15, -0.1) is 35.0 Å². The van der Waals surface area contributed by atoms with Crippen molar-refractivity contribution < 1.29 is 23.0 Å². The first-order valence-corrected chi connectivity index (χ1v) is 10.1. The fourth-order valence-corrected chi connectivity index (χ4v) is 3.52. The Morgan fingerprint density at radius 3 is 2.39 bits per heavy atom. The van der Waals surface area contributed by atoms with E-state index in [1.807, 2.05) is 9.80 Å². The van der Waals surface area contributed by atoms with Gasteiger partial charge in [-0.2, -0.15) is 18.2 Å². The normalized spacial score (nSPS) is 15.5. The second-order valence-corrected chi connectivity index (χ2v) is 7.80. The monoisotopic (exact) mass is 552 g/mol. The smallest absolute Gasteiger partial charge is 0.389 e. The Bertz CT molecular complexity index is 904. The van der Waals surface area contributed by atoms with E-state index in [2.05, 4.69) is 19.9 Å². The molecule has 1 fully saturated rings. The van der Waals surface area contributed by atoms with Crippen molar-refractivity contribution in [1.29, 1.82) is 0 Å². The molecule has 3 N–H and O–H groups in total. The van der Waals surface area contributed by atoms with Crippen LogP contribution < -0.4 is 10.6 Å². The number of piperazine rings is 1. The molecular weight excluding hydrogens is 531 g/mol. The molecule has 2 heterocycles. The Labute approximate surface area is 211 Å². The second-order valence-electron chi connectivity index (χ2n) is 7.02. The largest absolute Gasteiger partial charge is 0.411 e. The molecule has 0 spiro atoms. The summed E-state index contributed by atoms with van der Waals surface area (Å²) in [5.41, 5.74) is 6.93. The minimum absolute atomic E-state index is 0. The average molecular weight is 554 g/mol. The highest BCUT2D eigenvalue weighted by atomic mass is 35.5. The fraction of sp³-hybridized carbons (Fsp3) is 0.500. The van der Waals surface area contributed by atoms with Crippen LogP contribution in [0.25, 0.3) is 11.3 Å². The third-order valence-corrected chi connectivity index (χ3v) is 5.43. The molecule has 0 radical (unpaired) electrons. The summed E-state index contributed by atoms with van der Waals surface area (Å²) in [6.07, 6.45) is -5.42. The van der Waals surface area contributed by atoms with Crippen LogP contribution in [-0.4, -0.2) is 83.4 Å². The fourth-order valence-electron chi connectivity index (χ4n) is 3.13. The van der Waals surface area contributed by atoms with Crippen molar-refractivity contribution >= 4 is 59.8 Å². The van der Waals surface area contributed by atoms with E-state index in [1.54, 1.807) is 18.2 Å². The predicted octanol–water partition coefficient (Wildman–Crippen LogP) is 3.33. The van der Waals surface area contributed by atoms with Crippen molar-refractivity contribution in [3.05, 3.63) is 28.2 Å². The number of nitrogens with zero attached hydrogens (tertiary/aromatic N) is 5. The van der Waals surface area contributed by atoms with Gasteiger partial charge in [-0.1, -0.05) is 35.3 Å². The first-order valence-electron chi connectivity index (χ1n) is 9.38. The lowest BCUT2D eigenvalue weighted by molar-refractivity contribution is -0.179. The van der Waals surface area contributed by atoms with Gasteiger partial charge in [0, 0.05) is 38.3 Å². The van der Waals surface area contributed by atoms with Gasteiger partial charge in [0.1, 0.15) is 12.3 Å². The van der Waals surface area contributed by atoms with Gasteiger partial charge in [-0.05, 0) is 6.07 Å². The first-order chi connectivity index (χ1) is 14.6. The number of rotatable bonds is 7. The number of benzene rings is 1. The second kappa shape index (κ2) is 12.9. The third kappa shape index (κ3) is 8.43. The van der Waals surface area contributed by atoms with E-state index in [-0.39, 0.29) is 43.8 Å². The molecule has 0 bridgehead atoms. The van der Waals surface area contributed by atoms with E-state index in [0.717, 1.165) is 0 Å². The molecule has 1 aliphatic heterocycles. The van der Waals surface area contributed by atoms with Crippen LogP contribution in [0.3, 0.4) is 0 Å². The number of alkyl halides is 3. The number of aliphatic hydroxyl groups excluding tert-OH is 1. The Morgan fingerprint density at radius 1 is 1.12 bits per heavy atom. The molecule has 0 aliphatic carbocycles. The molecule has 1 aromatic carbocycles. The summed E-state index contributed by atoms with van der Waals surface area (Å²) in [7, 11) is 0. The molecule has 3 rings (SSSR count). The molecule has 33 heavy (non-hydrogen) atoms. The van der Waals surface area contributed by atoms with E-state index in [1.165, 1.54) is 0 Å². The van der Waals surface area contributed by atoms with Gasteiger partial charge >= 0.3 is 6.18 Å². The summed E-state index contributed by atoms with van der Waals surface area (Å²) in [6, 6.07) is 5.09. The standard InChI is InChI=1S/C18H21Cl2F3N6O2.2ClH/c19-13-3-1-2-12(14(13)20)15-16(24)25-17(27-26-15)29-6-4-28(5-7-29)8-11(30)9-31-10-18(21,22)23;;/h1-3,11,30H,4-10H2,(H2,24,25,27);2*1H/t11-;;/m0../s1. The summed E-state index contributed by atoms with van der Waals surface area (Å²) in [5.74, 6) is 0.516. The summed E-state index contributed by atoms with van der Waals surface area (Å²) in [6.45, 7) is 0.641. The highest BCUT2D eigenvalue weighted by molar-refractivity contribution is 6.43. The van der Waals surface area contributed by atoms with Crippen LogP contribution in [0.5, 0.6) is 0 Å². The highest BCUT2D eigenvalue weighted by Gasteiger charge is 2.28. The number of aromatic nitrogens is 3. The first kappa shape index (κ1) is 29.7. The Balaban J connectivity index is 0.00000272. The molecule has 15 heteroatoms. The zero-order valence-corrected chi connectivity index (χ0v) is 20.3. The number of anilines is 2. The average Bonchev–Trinajstić information content (AvgIpc) is 2.70. The maximum absolute atomic E-state index is 12.1. The quantitative estimate of drug-likeness (QED) is 0.538. The van der Waals surface area contributed by atoms with Crippen molar-refractivity contribution in [3.8, 4) is 11.3 Å². The maximum Gasteiger partial charge on any atom is 0.411 e. The summed E-state index contributed by atoms with van der Waals surface area (Å²) in [4.78, 5) is 8.14. The number of β-amino-alcohol motifs (C(OH)–C–C–N with tert-alkyl or cyclic N) is 1. The molecule has 1 saturated heterocycles. The van der Waals surface area contributed by atoms with Crippen LogP contribution in [-0.2, 0) is 4.74 Å². The Hall–Kier alpha value is -1.34. The van der Waals surface area contributed by atoms with Crippen molar-refractivity contribution in [2.45, 2.75) is 12.3 Å². The number of ether oxygens (including phenoxy) is 1. The lowest BCUT2D eigenvalue weighted by atomic mass is 10.1. The Kier molecular flexibility index (Phi) is 11.6. The van der Waals surface area contributed by atoms with Crippen LogP contribution in [0.2, 0.25) is 10.0 Å². The van der Waals surface area contributed by atoms with Crippen molar-refractivity contribution in [3.63, 3.8) is 0 Å². The topological polar surface area (TPSA) is 101 Å². The Morgan fingerprint density at radius 2 is 1.79 bits per heavy atom. The molecule has 0 saturated carbocycles. The van der Waals surface area contributed by atoms with Gasteiger partial charge in [0.15, 0.2) is 5.82 Å². The number of nitrogens with two attached hydrogens (primary N) is 1. The lowest BCUT2D eigenvalue weighted by Crippen LogP contribution is -2.49. The van der Waals surface area contributed by atoms with Crippen LogP contribution in [0.15, 0.2) is 18.2 Å². The third-order valence-electron chi connectivity index (χ3n) is 4.61. The maximum atomic E-state index is 12.1. The number of nitrogen functional groups attached to an aromatic ring is 1. The SMILES string of the molecule is Cl.Cl.Nc1nc(N2CCN(C[C@H](O)COCC(F)(F)F)CC2)nnc1-c1cccc(Cl)c1Cl. The zero-order chi connectivity index (χ0) is 22.6. The molecule has 1 aliphatic rings. The zero-order valence-electron chi connectivity index (χ0n) is 17.1. The molecule has 1 aromatic heterocycles. The van der Waals surface area contributed by atoms with Gasteiger partial charge in [0.05, 0.1) is 22.8 Å². The van der Waals surface area contributed by atoms with Crippen LogP contribution in [0.1, 0.15) is 0 Å². The molecule has 0 amide bonds. The minimum atomic E-state index is -4.41. The van der Waals surface area contributed by atoms with Gasteiger partial charge in [-0.25, -0.2) is 0 Å². The van der Waals surface area contributed by atoms with Crippen LogP contribution in [0, 0.1) is 0 Å². The minimum Gasteiger partial charge on any atom is -0.389 e. The van der Waals surface area contributed by atoms with Gasteiger partial charge in [-0.3, -0.25) is 4.90 Å². The number of halogens is 7. The van der Waals surface area contributed by atoms with Crippen molar-refractivity contribution in [1.82, 2.24) is 20.1 Å². The molecule has 2 aromatic rings. The lowest BCUT2D eigenvalue weighted by Gasteiger charge is -2.35. The van der Waals surface area contributed by atoms with E-state index in [9.17, 15) is 18.3 Å². The summed E-state index contributed by atoms with van der Waals surface area (Å²) >= 11 is 12.3. The molecule has 1 atom stereocenters. The van der Waals surface area contributed by atoms with E-state index < -0.39 is 18.9 Å².